The van der Waals surface area contributed by atoms with Gasteiger partial charge in [-0.3, -0.25) is 4.79 Å². The fourth-order valence-corrected chi connectivity index (χ4v) is 6.46. The fraction of sp³-hybridized carbons (Fsp3) is 0.944. The van der Waals surface area contributed by atoms with Gasteiger partial charge in [-0.1, -0.05) is 12.8 Å². The summed E-state index contributed by atoms with van der Waals surface area (Å²) in [6.07, 6.45) is 6.35. The molecule has 1 aliphatic carbocycles. The molecule has 2 aliphatic heterocycles. The van der Waals surface area contributed by atoms with Gasteiger partial charge < -0.3 is 15.8 Å². The Bertz CT molecular complexity index is 594. The lowest BCUT2D eigenvalue weighted by Crippen LogP contribution is -2.56. The lowest BCUT2D eigenvalue weighted by atomic mass is 9.74. The lowest BCUT2D eigenvalue weighted by Gasteiger charge is -2.39. The molecule has 0 bridgehead atoms. The zero-order valence-electron chi connectivity index (χ0n) is 15.8. The third kappa shape index (κ3) is 4.40. The number of hydrogen-bond acceptors (Lipinski definition) is 5. The molecule has 26 heavy (non-hydrogen) atoms. The number of nitrogens with zero attached hydrogens (tertiary/aromatic N) is 1. The molecule has 3 rings (SSSR count). The van der Waals surface area contributed by atoms with Crippen LogP contribution < -0.4 is 11.1 Å². The quantitative estimate of drug-likeness (QED) is 0.749. The van der Waals surface area contributed by atoms with Gasteiger partial charge >= 0.3 is 0 Å². The average Bonchev–Trinajstić information content (AvgIpc) is 2.62. The first-order valence-corrected chi connectivity index (χ1v) is 11.5. The summed E-state index contributed by atoms with van der Waals surface area (Å²) in [5.41, 5.74) is 5.90. The Balaban J connectivity index is 1.51. The van der Waals surface area contributed by atoms with E-state index in [4.69, 9.17) is 10.5 Å². The monoisotopic (exact) mass is 387 g/mol. The predicted molar refractivity (Wildman–Crippen MR) is 100 cm³/mol. The Kier molecular flexibility index (Phi) is 6.26. The molecule has 2 atom stereocenters. The van der Waals surface area contributed by atoms with E-state index in [1.165, 1.54) is 0 Å². The van der Waals surface area contributed by atoms with Gasteiger partial charge in [0, 0.05) is 37.9 Å². The van der Waals surface area contributed by atoms with Gasteiger partial charge in [0.15, 0.2) is 0 Å². The van der Waals surface area contributed by atoms with E-state index in [0.29, 0.717) is 52.0 Å². The molecule has 0 aromatic heterocycles. The van der Waals surface area contributed by atoms with Crippen LogP contribution in [-0.2, 0) is 19.6 Å². The van der Waals surface area contributed by atoms with Crippen LogP contribution in [-0.4, -0.2) is 61.8 Å². The summed E-state index contributed by atoms with van der Waals surface area (Å²) in [7, 11) is -3.26. The van der Waals surface area contributed by atoms with Crippen molar-refractivity contribution in [3.63, 3.8) is 0 Å². The van der Waals surface area contributed by atoms with E-state index in [-0.39, 0.29) is 23.1 Å². The normalized spacial score (nSPS) is 33.1. The topological polar surface area (TPSA) is 102 Å². The molecule has 0 radical (unpaired) electrons. The minimum atomic E-state index is -3.26. The number of hydrogen-bond donors (Lipinski definition) is 2. The van der Waals surface area contributed by atoms with E-state index < -0.39 is 15.6 Å². The molecule has 150 valence electrons. The maximum atomic E-state index is 12.8. The summed E-state index contributed by atoms with van der Waals surface area (Å²) in [6, 6.07) is 0.0429. The van der Waals surface area contributed by atoms with Gasteiger partial charge in [0.2, 0.25) is 15.9 Å². The highest BCUT2D eigenvalue weighted by Gasteiger charge is 2.40. The van der Waals surface area contributed by atoms with Crippen LogP contribution in [0.15, 0.2) is 0 Å². The van der Waals surface area contributed by atoms with Crippen molar-refractivity contribution in [2.45, 2.75) is 75.1 Å². The number of rotatable bonds is 4. The van der Waals surface area contributed by atoms with Crippen LogP contribution in [0.2, 0.25) is 0 Å². The molecule has 7 nitrogen and oxygen atoms in total. The number of piperidine rings is 1. The third-order valence-corrected chi connectivity index (χ3v) is 8.72. The second-order valence-corrected chi connectivity index (χ2v) is 10.6. The zero-order valence-corrected chi connectivity index (χ0v) is 16.6. The fourth-order valence-electron chi connectivity index (χ4n) is 4.53. The van der Waals surface area contributed by atoms with Crippen molar-refractivity contribution >= 4 is 15.9 Å². The predicted octanol–water partition coefficient (Wildman–Crippen LogP) is 0.983. The number of carbonyl (C=O) groups excluding carboxylic acids is 1. The highest BCUT2D eigenvalue weighted by molar-refractivity contribution is 7.89. The Hall–Kier alpha value is -0.700. The number of amides is 1. The van der Waals surface area contributed by atoms with Crippen molar-refractivity contribution in [2.75, 3.05) is 26.3 Å². The lowest BCUT2D eigenvalue weighted by molar-refractivity contribution is -0.129. The third-order valence-electron chi connectivity index (χ3n) is 6.32. The Morgan fingerprint density at radius 1 is 1.12 bits per heavy atom. The van der Waals surface area contributed by atoms with Crippen LogP contribution in [0.4, 0.5) is 0 Å². The molecule has 0 aromatic carbocycles. The van der Waals surface area contributed by atoms with E-state index in [0.717, 1.165) is 25.7 Å². The average molecular weight is 388 g/mol. The van der Waals surface area contributed by atoms with E-state index in [1.54, 1.807) is 4.31 Å². The van der Waals surface area contributed by atoms with Crippen LogP contribution in [0.5, 0.6) is 0 Å². The van der Waals surface area contributed by atoms with Crippen LogP contribution in [0, 0.1) is 5.92 Å². The van der Waals surface area contributed by atoms with Crippen LogP contribution in [0.1, 0.15) is 58.3 Å². The van der Waals surface area contributed by atoms with Crippen LogP contribution >= 0.6 is 0 Å². The van der Waals surface area contributed by atoms with Crippen molar-refractivity contribution in [1.29, 1.82) is 0 Å². The molecule has 1 saturated carbocycles. The molecular weight excluding hydrogens is 354 g/mol. The summed E-state index contributed by atoms with van der Waals surface area (Å²) >= 11 is 0. The van der Waals surface area contributed by atoms with Crippen molar-refractivity contribution in [3.8, 4) is 0 Å². The highest BCUT2D eigenvalue weighted by Crippen LogP contribution is 2.32. The van der Waals surface area contributed by atoms with Crippen molar-refractivity contribution in [1.82, 2.24) is 9.62 Å². The molecule has 3 aliphatic rings. The molecule has 1 amide bonds. The first-order chi connectivity index (χ1) is 12.3. The molecule has 8 heteroatoms. The summed E-state index contributed by atoms with van der Waals surface area (Å²) in [6.45, 7) is 3.98. The first kappa shape index (κ1) is 20.0. The summed E-state index contributed by atoms with van der Waals surface area (Å²) < 4.78 is 32.4. The molecule has 2 heterocycles. The van der Waals surface area contributed by atoms with Gasteiger partial charge in [0.25, 0.3) is 0 Å². The van der Waals surface area contributed by atoms with Crippen molar-refractivity contribution < 1.29 is 17.9 Å². The standard InChI is InChI=1S/C18H33N3O4S/c1-18(19)9-3-2-4-16(18)17(22)20-14-5-10-21(11-6-14)26(23,24)15-7-12-25-13-8-15/h14-16H,2-13,19H2,1H3,(H,20,22). The summed E-state index contributed by atoms with van der Waals surface area (Å²) in [5.74, 6) is -0.0966. The van der Waals surface area contributed by atoms with Gasteiger partial charge in [-0.05, 0) is 45.4 Å². The summed E-state index contributed by atoms with van der Waals surface area (Å²) in [4.78, 5) is 12.7. The van der Waals surface area contributed by atoms with Gasteiger partial charge in [-0.15, -0.1) is 0 Å². The van der Waals surface area contributed by atoms with Gasteiger partial charge in [-0.25, -0.2) is 12.7 Å². The number of ether oxygens (including phenoxy) is 1. The first-order valence-electron chi connectivity index (χ1n) is 9.97. The maximum Gasteiger partial charge on any atom is 0.225 e. The molecule has 0 aromatic rings. The number of nitrogens with two attached hydrogens (primary N) is 1. The second-order valence-electron chi connectivity index (χ2n) is 8.34. The van der Waals surface area contributed by atoms with Crippen LogP contribution in [0.3, 0.4) is 0 Å². The van der Waals surface area contributed by atoms with E-state index in [9.17, 15) is 13.2 Å². The highest BCUT2D eigenvalue weighted by atomic mass is 32.2. The Morgan fingerprint density at radius 3 is 2.38 bits per heavy atom. The SMILES string of the molecule is CC1(N)CCCCC1C(=O)NC1CCN(S(=O)(=O)C2CCOCC2)CC1. The van der Waals surface area contributed by atoms with E-state index >= 15 is 0 Å². The molecule has 3 fully saturated rings. The molecule has 2 saturated heterocycles. The van der Waals surface area contributed by atoms with Gasteiger partial charge in [-0.2, -0.15) is 0 Å². The smallest absolute Gasteiger partial charge is 0.225 e. The van der Waals surface area contributed by atoms with Crippen molar-refractivity contribution in [2.24, 2.45) is 11.7 Å². The number of sulfonamides is 1. The maximum absolute atomic E-state index is 12.8. The van der Waals surface area contributed by atoms with E-state index in [1.807, 2.05) is 6.92 Å². The minimum absolute atomic E-state index is 0.0421. The number of carbonyl (C=O) groups is 1. The van der Waals surface area contributed by atoms with Crippen molar-refractivity contribution in [3.05, 3.63) is 0 Å². The van der Waals surface area contributed by atoms with Gasteiger partial charge in [0.1, 0.15) is 0 Å². The summed E-state index contributed by atoms with van der Waals surface area (Å²) in [5, 5.41) is 2.82. The van der Waals surface area contributed by atoms with E-state index in [2.05, 4.69) is 5.32 Å². The Morgan fingerprint density at radius 2 is 1.77 bits per heavy atom. The largest absolute Gasteiger partial charge is 0.381 e. The molecular formula is C18H33N3O4S. The second kappa shape index (κ2) is 8.12. The minimum Gasteiger partial charge on any atom is -0.381 e. The van der Waals surface area contributed by atoms with Crippen LogP contribution in [0.25, 0.3) is 0 Å². The molecule has 3 N–H and O–H groups in total. The molecule has 2 unspecified atom stereocenters. The zero-order chi connectivity index (χ0) is 18.8. The molecule has 0 spiro atoms. The van der Waals surface area contributed by atoms with Gasteiger partial charge in [0.05, 0.1) is 11.2 Å². The number of nitrogens with one attached hydrogen (secondary N) is 1. The Labute approximate surface area is 157 Å².